The average molecular weight is 360 g/mol. The number of nitrogens with zero attached hydrogens (tertiary/aromatic N) is 1. The molecule has 0 radical (unpaired) electrons. The highest BCUT2D eigenvalue weighted by Gasteiger charge is 2.44. The second kappa shape index (κ2) is 7.14. The van der Waals surface area contributed by atoms with Gasteiger partial charge in [-0.3, -0.25) is 4.79 Å². The summed E-state index contributed by atoms with van der Waals surface area (Å²) in [5.74, 6) is 1.76. The van der Waals surface area contributed by atoms with E-state index in [1.807, 2.05) is 0 Å². The maximum atomic E-state index is 13.6. The van der Waals surface area contributed by atoms with Crippen LogP contribution in [0.15, 0.2) is 54.6 Å². The molecule has 0 bridgehead atoms. The van der Waals surface area contributed by atoms with Gasteiger partial charge in [-0.05, 0) is 60.6 Å². The predicted molar refractivity (Wildman–Crippen MR) is 109 cm³/mol. The topological polar surface area (TPSA) is 20.3 Å². The SMILES string of the molecule is O=C(C1CCc2ccccc21)N1CC[C@@H](c2ccccc2)[C@@H]2CCCC[C@H]21. The van der Waals surface area contributed by atoms with E-state index in [0.717, 1.165) is 25.8 Å². The lowest BCUT2D eigenvalue weighted by Gasteiger charge is -2.49. The minimum absolute atomic E-state index is 0.0945. The zero-order valence-corrected chi connectivity index (χ0v) is 16.0. The maximum absolute atomic E-state index is 13.6. The standard InChI is InChI=1S/C25H29NO/c27-25(23-15-14-19-10-4-5-11-20(19)23)26-17-16-21(18-8-2-1-3-9-18)22-12-6-7-13-24(22)26/h1-5,8-11,21-24H,6-7,12-17H2/t21-,22-,23?,24+/m0/s1. The van der Waals surface area contributed by atoms with Crippen molar-refractivity contribution in [3.8, 4) is 0 Å². The molecule has 1 saturated heterocycles. The summed E-state index contributed by atoms with van der Waals surface area (Å²) in [5.41, 5.74) is 4.16. The third-order valence-corrected chi connectivity index (χ3v) is 7.32. The van der Waals surface area contributed by atoms with Crippen molar-refractivity contribution in [2.24, 2.45) is 5.92 Å². The Bertz CT molecular complexity index is 814. The molecule has 2 aromatic carbocycles. The van der Waals surface area contributed by atoms with Gasteiger partial charge in [-0.2, -0.15) is 0 Å². The first-order valence-electron chi connectivity index (χ1n) is 10.8. The second-order valence-electron chi connectivity index (χ2n) is 8.64. The van der Waals surface area contributed by atoms with Crippen LogP contribution in [-0.2, 0) is 11.2 Å². The maximum Gasteiger partial charge on any atom is 0.230 e. The number of hydrogen-bond acceptors (Lipinski definition) is 1. The van der Waals surface area contributed by atoms with E-state index >= 15 is 0 Å². The van der Waals surface area contributed by atoms with Gasteiger partial charge in [0.05, 0.1) is 5.92 Å². The minimum Gasteiger partial charge on any atom is -0.339 e. The molecule has 1 saturated carbocycles. The van der Waals surface area contributed by atoms with E-state index in [9.17, 15) is 4.79 Å². The van der Waals surface area contributed by atoms with Gasteiger partial charge in [0.2, 0.25) is 5.91 Å². The fourth-order valence-corrected chi connectivity index (χ4v) is 6.06. The molecule has 5 rings (SSSR count). The summed E-state index contributed by atoms with van der Waals surface area (Å²) in [6.45, 7) is 0.929. The zero-order chi connectivity index (χ0) is 18.2. The number of piperidine rings is 1. The van der Waals surface area contributed by atoms with Crippen molar-refractivity contribution in [2.75, 3.05) is 6.54 Å². The lowest BCUT2D eigenvalue weighted by Crippen LogP contribution is -2.53. The predicted octanol–water partition coefficient (Wildman–Crippen LogP) is 5.29. The fraction of sp³-hybridized carbons (Fsp3) is 0.480. The number of benzene rings is 2. The Morgan fingerprint density at radius 1 is 0.852 bits per heavy atom. The molecular formula is C25H29NO. The van der Waals surface area contributed by atoms with Gasteiger partial charge < -0.3 is 4.90 Å². The van der Waals surface area contributed by atoms with Crippen molar-refractivity contribution in [3.63, 3.8) is 0 Å². The number of aryl methyl sites for hydroxylation is 1. The van der Waals surface area contributed by atoms with Gasteiger partial charge in [-0.15, -0.1) is 0 Å². The number of likely N-dealkylation sites (tertiary alicyclic amines) is 1. The molecule has 2 aliphatic carbocycles. The van der Waals surface area contributed by atoms with Crippen LogP contribution in [0.1, 0.15) is 67.1 Å². The number of carbonyl (C=O) groups is 1. The van der Waals surface area contributed by atoms with Gasteiger partial charge in [0.25, 0.3) is 0 Å². The minimum atomic E-state index is 0.0945. The Balaban J connectivity index is 1.41. The molecule has 2 aromatic rings. The molecule has 2 heteroatoms. The molecule has 27 heavy (non-hydrogen) atoms. The third kappa shape index (κ3) is 2.99. The molecule has 1 heterocycles. The van der Waals surface area contributed by atoms with Gasteiger partial charge in [0.15, 0.2) is 0 Å². The summed E-state index contributed by atoms with van der Waals surface area (Å²) in [5, 5.41) is 0. The largest absolute Gasteiger partial charge is 0.339 e. The van der Waals surface area contributed by atoms with Crippen LogP contribution in [-0.4, -0.2) is 23.4 Å². The van der Waals surface area contributed by atoms with Crippen LogP contribution in [0.5, 0.6) is 0 Å². The Morgan fingerprint density at radius 2 is 1.63 bits per heavy atom. The van der Waals surface area contributed by atoms with E-state index in [4.69, 9.17) is 0 Å². The van der Waals surface area contributed by atoms with Crippen molar-refractivity contribution in [3.05, 3.63) is 71.3 Å². The van der Waals surface area contributed by atoms with Crippen LogP contribution in [0.2, 0.25) is 0 Å². The summed E-state index contributed by atoms with van der Waals surface area (Å²) in [4.78, 5) is 15.9. The molecule has 0 N–H and O–H groups in total. The summed E-state index contributed by atoms with van der Waals surface area (Å²) >= 11 is 0. The van der Waals surface area contributed by atoms with Crippen LogP contribution < -0.4 is 0 Å². The summed E-state index contributed by atoms with van der Waals surface area (Å²) < 4.78 is 0. The summed E-state index contributed by atoms with van der Waals surface area (Å²) in [6, 6.07) is 20.1. The monoisotopic (exact) mass is 359 g/mol. The Labute approximate surface area is 162 Å². The molecule has 2 nitrogen and oxygen atoms in total. The quantitative estimate of drug-likeness (QED) is 0.713. The molecule has 0 aromatic heterocycles. The number of hydrogen-bond donors (Lipinski definition) is 0. The first-order chi connectivity index (χ1) is 13.3. The average Bonchev–Trinajstić information content (AvgIpc) is 3.17. The highest BCUT2D eigenvalue weighted by molar-refractivity contribution is 5.85. The molecule has 0 spiro atoms. The third-order valence-electron chi connectivity index (χ3n) is 7.32. The molecule has 3 aliphatic rings. The van der Waals surface area contributed by atoms with Gasteiger partial charge >= 0.3 is 0 Å². The van der Waals surface area contributed by atoms with Crippen LogP contribution in [0.3, 0.4) is 0 Å². The van der Waals surface area contributed by atoms with Crippen molar-refractivity contribution in [1.82, 2.24) is 4.90 Å². The van der Waals surface area contributed by atoms with E-state index in [2.05, 4.69) is 59.5 Å². The highest BCUT2D eigenvalue weighted by atomic mass is 16.2. The van der Waals surface area contributed by atoms with Gasteiger partial charge in [-0.25, -0.2) is 0 Å². The van der Waals surface area contributed by atoms with Crippen molar-refractivity contribution < 1.29 is 4.79 Å². The van der Waals surface area contributed by atoms with Crippen molar-refractivity contribution in [1.29, 1.82) is 0 Å². The van der Waals surface area contributed by atoms with Crippen LogP contribution >= 0.6 is 0 Å². The van der Waals surface area contributed by atoms with E-state index in [1.54, 1.807) is 0 Å². The van der Waals surface area contributed by atoms with Crippen LogP contribution in [0.4, 0.5) is 0 Å². The Kier molecular flexibility index (Phi) is 4.51. The second-order valence-corrected chi connectivity index (χ2v) is 8.64. The summed E-state index contributed by atoms with van der Waals surface area (Å²) in [6.07, 6.45) is 8.22. The van der Waals surface area contributed by atoms with Crippen molar-refractivity contribution >= 4 is 5.91 Å². The zero-order valence-electron chi connectivity index (χ0n) is 16.0. The number of fused-ring (bicyclic) bond motifs is 2. The number of amides is 1. The van der Waals surface area contributed by atoms with Crippen molar-refractivity contribution in [2.45, 2.75) is 62.8 Å². The van der Waals surface area contributed by atoms with E-state index in [0.29, 0.717) is 23.8 Å². The van der Waals surface area contributed by atoms with Gasteiger partial charge in [-0.1, -0.05) is 67.4 Å². The van der Waals surface area contributed by atoms with Gasteiger partial charge in [0.1, 0.15) is 0 Å². The normalized spacial score (nSPS) is 29.9. The van der Waals surface area contributed by atoms with E-state index in [1.165, 1.54) is 42.4 Å². The molecule has 140 valence electrons. The molecule has 2 fully saturated rings. The van der Waals surface area contributed by atoms with E-state index < -0.39 is 0 Å². The Morgan fingerprint density at radius 3 is 2.52 bits per heavy atom. The first-order valence-corrected chi connectivity index (χ1v) is 10.8. The number of carbonyl (C=O) groups excluding carboxylic acids is 1. The van der Waals surface area contributed by atoms with Gasteiger partial charge in [0, 0.05) is 12.6 Å². The summed E-state index contributed by atoms with van der Waals surface area (Å²) in [7, 11) is 0. The van der Waals surface area contributed by atoms with E-state index in [-0.39, 0.29) is 5.92 Å². The van der Waals surface area contributed by atoms with Crippen LogP contribution in [0, 0.1) is 5.92 Å². The van der Waals surface area contributed by atoms with Crippen LogP contribution in [0.25, 0.3) is 0 Å². The smallest absolute Gasteiger partial charge is 0.230 e. The highest BCUT2D eigenvalue weighted by Crippen LogP contribution is 2.45. The number of rotatable bonds is 2. The lowest BCUT2D eigenvalue weighted by molar-refractivity contribution is -0.139. The Hall–Kier alpha value is -2.09. The molecule has 1 unspecified atom stereocenters. The fourth-order valence-electron chi connectivity index (χ4n) is 6.06. The molecule has 4 atom stereocenters. The molecule has 1 amide bonds. The molecule has 1 aliphatic heterocycles. The first kappa shape index (κ1) is 17.0. The molecular weight excluding hydrogens is 330 g/mol. The lowest BCUT2D eigenvalue weighted by atomic mass is 9.69.